The molecule has 1 amide bonds. The number of phenols is 1. The Hall–Kier alpha value is -3.02. The summed E-state index contributed by atoms with van der Waals surface area (Å²) in [6, 6.07) is 12.4. The first-order valence-corrected chi connectivity index (χ1v) is 8.22. The van der Waals surface area contributed by atoms with Gasteiger partial charge in [-0.15, -0.1) is 0 Å². The minimum atomic E-state index is -0.400. The molecule has 0 radical (unpaired) electrons. The summed E-state index contributed by atoms with van der Waals surface area (Å²) in [7, 11) is 1.53. The van der Waals surface area contributed by atoms with Gasteiger partial charge < -0.3 is 14.6 Å². The maximum atomic E-state index is 11.8. The summed E-state index contributed by atoms with van der Waals surface area (Å²) < 4.78 is 10.5. The number of ether oxygens (including phenoxy) is 2. The Morgan fingerprint density at radius 3 is 2.42 bits per heavy atom. The van der Waals surface area contributed by atoms with Crippen molar-refractivity contribution in [3.63, 3.8) is 0 Å². The fourth-order valence-corrected chi connectivity index (χ4v) is 2.17. The minimum Gasteiger partial charge on any atom is -0.507 e. The van der Waals surface area contributed by atoms with Gasteiger partial charge in [-0.05, 0) is 41.3 Å². The molecule has 2 aromatic rings. The molecule has 0 saturated carbocycles. The number of hydrogen-bond donors (Lipinski definition) is 2. The van der Waals surface area contributed by atoms with Crippen LogP contribution in [0.15, 0.2) is 47.6 Å². The number of phenolic OH excluding ortho intramolecular Hbond substituents is 1. The molecule has 0 spiro atoms. The van der Waals surface area contributed by atoms with Crippen molar-refractivity contribution in [3.05, 3.63) is 53.6 Å². The first kappa shape index (κ1) is 19.3. The SMILES string of the molecule is COc1ccc(O)c(/C=N/NC(=O)COc2ccc(C(C)(C)C)cc2)c1. The standard InChI is InChI=1S/C20H24N2O4/c1-20(2,3)15-5-7-16(8-6-15)26-13-19(24)22-21-12-14-11-17(25-4)9-10-18(14)23/h5-12,23H,13H2,1-4H3,(H,22,24)/b21-12+. The monoisotopic (exact) mass is 356 g/mol. The van der Waals surface area contributed by atoms with Crippen molar-refractivity contribution >= 4 is 12.1 Å². The normalized spacial score (nSPS) is 11.4. The average molecular weight is 356 g/mol. The number of benzene rings is 2. The van der Waals surface area contributed by atoms with Crippen LogP contribution < -0.4 is 14.9 Å². The van der Waals surface area contributed by atoms with Gasteiger partial charge in [-0.25, -0.2) is 5.43 Å². The van der Waals surface area contributed by atoms with E-state index in [1.807, 2.05) is 24.3 Å². The van der Waals surface area contributed by atoms with Crippen LogP contribution in [0.3, 0.4) is 0 Å². The molecule has 0 aliphatic rings. The largest absolute Gasteiger partial charge is 0.507 e. The van der Waals surface area contributed by atoms with Gasteiger partial charge in [-0.2, -0.15) is 5.10 Å². The van der Waals surface area contributed by atoms with Gasteiger partial charge in [0, 0.05) is 5.56 Å². The van der Waals surface area contributed by atoms with Gasteiger partial charge >= 0.3 is 0 Å². The Morgan fingerprint density at radius 1 is 1.15 bits per heavy atom. The van der Waals surface area contributed by atoms with Gasteiger partial charge in [0.25, 0.3) is 5.91 Å². The van der Waals surface area contributed by atoms with Crippen LogP contribution in [0.25, 0.3) is 0 Å². The van der Waals surface area contributed by atoms with Gasteiger partial charge in [-0.1, -0.05) is 32.9 Å². The number of amides is 1. The predicted octanol–water partition coefficient (Wildman–Crippen LogP) is 3.23. The van der Waals surface area contributed by atoms with Gasteiger partial charge in [0.1, 0.15) is 17.2 Å². The first-order valence-electron chi connectivity index (χ1n) is 8.22. The molecule has 0 unspecified atom stereocenters. The fraction of sp³-hybridized carbons (Fsp3) is 0.300. The Balaban J connectivity index is 1.85. The fourth-order valence-electron chi connectivity index (χ4n) is 2.17. The van der Waals surface area contributed by atoms with Crippen LogP contribution in [0.2, 0.25) is 0 Å². The van der Waals surface area contributed by atoms with Crippen LogP contribution in [0.1, 0.15) is 31.9 Å². The van der Waals surface area contributed by atoms with Crippen LogP contribution in [0, 0.1) is 0 Å². The Bertz CT molecular complexity index is 777. The molecule has 0 atom stereocenters. The van der Waals surface area contributed by atoms with Crippen molar-refractivity contribution < 1.29 is 19.4 Å². The molecule has 0 heterocycles. The number of hydrogen-bond acceptors (Lipinski definition) is 5. The zero-order valence-electron chi connectivity index (χ0n) is 15.4. The average Bonchev–Trinajstić information content (AvgIpc) is 2.61. The minimum absolute atomic E-state index is 0.0407. The summed E-state index contributed by atoms with van der Waals surface area (Å²) in [5.74, 6) is 0.836. The molecule has 6 heteroatoms. The van der Waals surface area contributed by atoms with E-state index >= 15 is 0 Å². The van der Waals surface area contributed by atoms with Crippen molar-refractivity contribution in [3.8, 4) is 17.2 Å². The molecule has 2 aromatic carbocycles. The molecular weight excluding hydrogens is 332 g/mol. The van der Waals surface area contributed by atoms with E-state index in [0.29, 0.717) is 17.1 Å². The number of carbonyl (C=O) groups excluding carboxylic acids is 1. The summed E-state index contributed by atoms with van der Waals surface area (Å²) in [6.07, 6.45) is 1.34. The van der Waals surface area contributed by atoms with E-state index < -0.39 is 5.91 Å². The van der Waals surface area contributed by atoms with Crippen LogP contribution in [-0.4, -0.2) is 30.9 Å². The summed E-state index contributed by atoms with van der Waals surface area (Å²) in [6.45, 7) is 6.24. The van der Waals surface area contributed by atoms with Crippen molar-refractivity contribution in [1.82, 2.24) is 5.43 Å². The third-order valence-corrected chi connectivity index (χ3v) is 3.72. The molecule has 0 aromatic heterocycles. The Kier molecular flexibility index (Phi) is 6.22. The number of rotatable bonds is 6. The molecule has 26 heavy (non-hydrogen) atoms. The number of aromatic hydroxyl groups is 1. The molecular formula is C20H24N2O4. The highest BCUT2D eigenvalue weighted by Gasteiger charge is 2.13. The van der Waals surface area contributed by atoms with Crippen molar-refractivity contribution in [2.24, 2.45) is 5.10 Å². The molecule has 2 N–H and O–H groups in total. The second kappa shape index (κ2) is 8.38. The summed E-state index contributed by atoms with van der Waals surface area (Å²) in [5.41, 5.74) is 4.05. The zero-order chi connectivity index (χ0) is 19.2. The van der Waals surface area contributed by atoms with E-state index in [2.05, 4.69) is 31.3 Å². The molecule has 6 nitrogen and oxygen atoms in total. The van der Waals surface area contributed by atoms with Crippen LogP contribution in [0.5, 0.6) is 17.2 Å². The van der Waals surface area contributed by atoms with E-state index in [-0.39, 0.29) is 17.8 Å². The number of nitrogens with one attached hydrogen (secondary N) is 1. The summed E-state index contributed by atoms with van der Waals surface area (Å²) in [4.78, 5) is 11.8. The molecule has 2 rings (SSSR count). The van der Waals surface area contributed by atoms with Gasteiger partial charge in [0.15, 0.2) is 6.61 Å². The first-order chi connectivity index (χ1) is 12.3. The van der Waals surface area contributed by atoms with E-state index in [1.165, 1.54) is 25.0 Å². The van der Waals surface area contributed by atoms with Gasteiger partial charge in [-0.3, -0.25) is 4.79 Å². The second-order valence-electron chi connectivity index (χ2n) is 6.78. The molecule has 0 aliphatic heterocycles. The zero-order valence-corrected chi connectivity index (χ0v) is 15.4. The summed E-state index contributed by atoms with van der Waals surface area (Å²) >= 11 is 0. The quantitative estimate of drug-likeness (QED) is 0.615. The Labute approximate surface area is 153 Å². The molecule has 0 saturated heterocycles. The number of methoxy groups -OCH3 is 1. The number of hydrazone groups is 1. The highest BCUT2D eigenvalue weighted by atomic mass is 16.5. The van der Waals surface area contributed by atoms with Gasteiger partial charge in [0.05, 0.1) is 13.3 Å². The van der Waals surface area contributed by atoms with E-state index in [4.69, 9.17) is 9.47 Å². The highest BCUT2D eigenvalue weighted by Crippen LogP contribution is 2.24. The van der Waals surface area contributed by atoms with Crippen molar-refractivity contribution in [2.45, 2.75) is 26.2 Å². The highest BCUT2D eigenvalue weighted by molar-refractivity contribution is 5.85. The lowest BCUT2D eigenvalue weighted by molar-refractivity contribution is -0.123. The van der Waals surface area contributed by atoms with Gasteiger partial charge in [0.2, 0.25) is 0 Å². The number of carbonyl (C=O) groups is 1. The maximum Gasteiger partial charge on any atom is 0.277 e. The summed E-state index contributed by atoms with van der Waals surface area (Å²) in [5, 5.41) is 13.6. The lowest BCUT2D eigenvalue weighted by atomic mass is 9.87. The lowest BCUT2D eigenvalue weighted by Crippen LogP contribution is -2.24. The van der Waals surface area contributed by atoms with E-state index in [0.717, 1.165) is 0 Å². The predicted molar refractivity (Wildman–Crippen MR) is 101 cm³/mol. The van der Waals surface area contributed by atoms with Crippen LogP contribution in [0.4, 0.5) is 0 Å². The maximum absolute atomic E-state index is 11.8. The second-order valence-corrected chi connectivity index (χ2v) is 6.78. The third kappa shape index (κ3) is 5.51. The van der Waals surface area contributed by atoms with Crippen molar-refractivity contribution in [2.75, 3.05) is 13.7 Å². The van der Waals surface area contributed by atoms with E-state index in [1.54, 1.807) is 12.1 Å². The number of nitrogens with zero attached hydrogens (tertiary/aromatic N) is 1. The molecule has 0 bridgehead atoms. The third-order valence-electron chi connectivity index (χ3n) is 3.72. The molecule has 0 fully saturated rings. The smallest absolute Gasteiger partial charge is 0.277 e. The molecule has 138 valence electrons. The van der Waals surface area contributed by atoms with Crippen LogP contribution >= 0.6 is 0 Å². The van der Waals surface area contributed by atoms with E-state index in [9.17, 15) is 9.90 Å². The Morgan fingerprint density at radius 2 is 1.81 bits per heavy atom. The molecule has 0 aliphatic carbocycles. The van der Waals surface area contributed by atoms with Crippen LogP contribution in [-0.2, 0) is 10.2 Å². The topological polar surface area (TPSA) is 80.2 Å². The van der Waals surface area contributed by atoms with Crippen molar-refractivity contribution in [1.29, 1.82) is 0 Å². The lowest BCUT2D eigenvalue weighted by Gasteiger charge is -2.19.